The van der Waals surface area contributed by atoms with Crippen molar-refractivity contribution in [3.8, 4) is 5.75 Å². The van der Waals surface area contributed by atoms with Crippen molar-refractivity contribution >= 4 is 11.7 Å². The van der Waals surface area contributed by atoms with Gasteiger partial charge in [-0.15, -0.1) is 0 Å². The number of carbonyl (C=O) groups excluding carboxylic acids is 1. The number of hydrogen-bond donors (Lipinski definition) is 2. The molecular weight excluding hydrogens is 256 g/mol. The summed E-state index contributed by atoms with van der Waals surface area (Å²) >= 11 is 0. The number of rotatable bonds is 3. The minimum Gasteiger partial charge on any atom is -0.480 e. The topological polar surface area (TPSA) is 82.2 Å². The van der Waals surface area contributed by atoms with Crippen LogP contribution in [0.25, 0.3) is 0 Å². The number of nitrogens with one attached hydrogen (secondary N) is 1. The zero-order chi connectivity index (χ0) is 14.1. The molecule has 1 amide bonds. The van der Waals surface area contributed by atoms with Gasteiger partial charge >= 0.3 is 0 Å². The van der Waals surface area contributed by atoms with Crippen LogP contribution in [-0.2, 0) is 24.8 Å². The molecule has 1 unspecified atom stereocenters. The van der Waals surface area contributed by atoms with Crippen molar-refractivity contribution < 1.29 is 9.53 Å². The Morgan fingerprint density at radius 3 is 3.10 bits per heavy atom. The fraction of sp³-hybridized carbons (Fsp3) is 0.286. The predicted octanol–water partition coefficient (Wildman–Crippen LogP) is 0.821. The zero-order valence-electron chi connectivity index (χ0n) is 11.2. The lowest BCUT2D eigenvalue weighted by molar-refractivity contribution is -0.122. The van der Waals surface area contributed by atoms with Crippen molar-refractivity contribution in [1.29, 1.82) is 0 Å². The molecule has 6 nitrogen and oxygen atoms in total. The Hall–Kier alpha value is -2.34. The lowest BCUT2D eigenvalue weighted by atomic mass is 10.1. The highest BCUT2D eigenvalue weighted by Gasteiger charge is 2.29. The van der Waals surface area contributed by atoms with Gasteiger partial charge in [-0.2, -0.15) is 5.10 Å². The van der Waals surface area contributed by atoms with Gasteiger partial charge in [0.05, 0.1) is 0 Å². The third-order valence-electron chi connectivity index (χ3n) is 3.31. The van der Waals surface area contributed by atoms with E-state index in [-0.39, 0.29) is 5.91 Å². The number of anilines is 1. The van der Waals surface area contributed by atoms with Crippen LogP contribution in [0.2, 0.25) is 0 Å². The van der Waals surface area contributed by atoms with Crippen molar-refractivity contribution in [2.24, 2.45) is 12.8 Å². The van der Waals surface area contributed by atoms with Gasteiger partial charge in [0.15, 0.2) is 11.9 Å². The van der Waals surface area contributed by atoms with Crippen molar-refractivity contribution in [3.05, 3.63) is 41.6 Å². The molecule has 1 aromatic heterocycles. The Labute approximate surface area is 116 Å². The third kappa shape index (κ3) is 2.25. The molecule has 6 heteroatoms. The summed E-state index contributed by atoms with van der Waals surface area (Å²) < 4.78 is 7.27. The maximum Gasteiger partial charge on any atom is 0.267 e. The van der Waals surface area contributed by atoms with E-state index in [2.05, 4.69) is 10.4 Å². The molecule has 20 heavy (non-hydrogen) atoms. The minimum absolute atomic E-state index is 0.199. The maximum atomic E-state index is 12.2. The maximum absolute atomic E-state index is 12.2. The third-order valence-corrected chi connectivity index (χ3v) is 3.31. The largest absolute Gasteiger partial charge is 0.480 e. The highest BCUT2D eigenvalue weighted by Crippen LogP contribution is 2.28. The number of amides is 1. The molecule has 1 aromatic carbocycles. The molecule has 0 fully saturated rings. The number of aryl methyl sites for hydroxylation is 1. The summed E-state index contributed by atoms with van der Waals surface area (Å²) in [6.45, 7) is 0.329. The summed E-state index contributed by atoms with van der Waals surface area (Å²) in [5.74, 6) is 1.07. The smallest absolute Gasteiger partial charge is 0.267 e. The van der Waals surface area contributed by atoms with Crippen LogP contribution in [0.15, 0.2) is 30.5 Å². The molecule has 0 aliphatic carbocycles. The first-order chi connectivity index (χ1) is 9.67. The van der Waals surface area contributed by atoms with Gasteiger partial charge in [-0.3, -0.25) is 9.48 Å². The van der Waals surface area contributed by atoms with Crippen molar-refractivity contribution in [2.45, 2.75) is 19.1 Å². The number of benzene rings is 1. The van der Waals surface area contributed by atoms with E-state index in [0.29, 0.717) is 18.8 Å². The normalized spacial score (nSPS) is 16.6. The van der Waals surface area contributed by atoms with E-state index in [1.54, 1.807) is 17.9 Å². The molecule has 0 saturated carbocycles. The molecule has 104 valence electrons. The fourth-order valence-electron chi connectivity index (χ4n) is 2.32. The minimum atomic E-state index is -0.514. The monoisotopic (exact) mass is 272 g/mol. The quantitative estimate of drug-likeness (QED) is 0.866. The molecule has 1 aliphatic rings. The fourth-order valence-corrected chi connectivity index (χ4v) is 2.32. The highest BCUT2D eigenvalue weighted by molar-refractivity contribution is 5.94. The van der Waals surface area contributed by atoms with Gasteiger partial charge in [0.2, 0.25) is 0 Å². The standard InChI is InChI=1S/C14H16N4O2/c1-18-8-10(7-15)13(17-18)16-14(19)12-6-9-4-2-3-5-11(9)20-12/h2-5,8,12H,6-7,15H2,1H3,(H,16,17,19). The SMILES string of the molecule is Cn1cc(CN)c(NC(=O)C2Cc3ccccc3O2)n1. The molecule has 3 N–H and O–H groups in total. The summed E-state index contributed by atoms with van der Waals surface area (Å²) in [7, 11) is 1.79. The Morgan fingerprint density at radius 1 is 1.55 bits per heavy atom. The van der Waals surface area contributed by atoms with Gasteiger partial charge in [-0.05, 0) is 11.6 Å². The van der Waals surface area contributed by atoms with Crippen molar-refractivity contribution in [1.82, 2.24) is 9.78 Å². The van der Waals surface area contributed by atoms with Gasteiger partial charge in [0.1, 0.15) is 5.75 Å². The average Bonchev–Trinajstić information content (AvgIpc) is 3.01. The molecule has 1 atom stereocenters. The molecule has 0 bridgehead atoms. The van der Waals surface area contributed by atoms with Crippen molar-refractivity contribution in [2.75, 3.05) is 5.32 Å². The van der Waals surface area contributed by atoms with Crippen LogP contribution in [0.3, 0.4) is 0 Å². The van der Waals surface area contributed by atoms with Crippen LogP contribution in [0.5, 0.6) is 5.75 Å². The summed E-state index contributed by atoms with van der Waals surface area (Å²) in [6, 6.07) is 7.67. The lowest BCUT2D eigenvalue weighted by Gasteiger charge is -2.10. The Balaban J connectivity index is 1.72. The van der Waals surface area contributed by atoms with Crippen LogP contribution < -0.4 is 15.8 Å². The number of ether oxygens (including phenoxy) is 1. The van der Waals surface area contributed by atoms with Gasteiger partial charge in [-0.1, -0.05) is 18.2 Å². The van der Waals surface area contributed by atoms with E-state index >= 15 is 0 Å². The van der Waals surface area contributed by atoms with Crippen molar-refractivity contribution in [3.63, 3.8) is 0 Å². The van der Waals surface area contributed by atoms with E-state index in [0.717, 1.165) is 16.9 Å². The van der Waals surface area contributed by atoms with Crippen LogP contribution in [0.1, 0.15) is 11.1 Å². The molecule has 0 saturated heterocycles. The molecule has 0 radical (unpaired) electrons. The summed E-state index contributed by atoms with van der Waals surface area (Å²) in [6.07, 6.45) is 1.85. The van der Waals surface area contributed by atoms with Gasteiger partial charge in [-0.25, -0.2) is 0 Å². The molecule has 2 aromatic rings. The first-order valence-electron chi connectivity index (χ1n) is 6.45. The molecule has 0 spiro atoms. The number of nitrogens with two attached hydrogens (primary N) is 1. The number of nitrogens with zero attached hydrogens (tertiary/aromatic N) is 2. The predicted molar refractivity (Wildman–Crippen MR) is 74.3 cm³/mol. The molecule has 2 heterocycles. The summed E-state index contributed by atoms with van der Waals surface area (Å²) in [5, 5.41) is 6.97. The van der Waals surface area contributed by atoms with E-state index in [4.69, 9.17) is 10.5 Å². The second kappa shape index (κ2) is 4.97. The van der Waals surface area contributed by atoms with Crippen LogP contribution in [0, 0.1) is 0 Å². The van der Waals surface area contributed by atoms with Gasteiger partial charge < -0.3 is 15.8 Å². The zero-order valence-corrected chi connectivity index (χ0v) is 11.2. The average molecular weight is 272 g/mol. The second-order valence-electron chi connectivity index (χ2n) is 4.79. The van der Waals surface area contributed by atoms with E-state index in [9.17, 15) is 4.79 Å². The number of hydrogen-bond acceptors (Lipinski definition) is 4. The Morgan fingerprint density at radius 2 is 2.35 bits per heavy atom. The van der Waals surface area contributed by atoms with Crippen LogP contribution >= 0.6 is 0 Å². The van der Waals surface area contributed by atoms with Gasteiger partial charge in [0, 0.05) is 31.8 Å². The summed E-state index contributed by atoms with van der Waals surface area (Å²) in [4.78, 5) is 12.2. The molecule has 3 rings (SSSR count). The number of carbonyl (C=O) groups is 1. The Kier molecular flexibility index (Phi) is 3.15. The van der Waals surface area contributed by atoms with E-state index in [1.165, 1.54) is 0 Å². The van der Waals surface area contributed by atoms with E-state index < -0.39 is 6.10 Å². The van der Waals surface area contributed by atoms with E-state index in [1.807, 2.05) is 24.3 Å². The van der Waals surface area contributed by atoms with Crippen LogP contribution in [0.4, 0.5) is 5.82 Å². The number of fused-ring (bicyclic) bond motifs is 1. The second-order valence-corrected chi connectivity index (χ2v) is 4.79. The molecule has 1 aliphatic heterocycles. The number of aromatic nitrogens is 2. The van der Waals surface area contributed by atoms with Crippen LogP contribution in [-0.4, -0.2) is 21.8 Å². The first-order valence-corrected chi connectivity index (χ1v) is 6.45. The lowest BCUT2D eigenvalue weighted by Crippen LogP contribution is -2.32. The van der Waals surface area contributed by atoms with Gasteiger partial charge in [0.25, 0.3) is 5.91 Å². The first kappa shape index (κ1) is 12.7. The highest BCUT2D eigenvalue weighted by atomic mass is 16.5. The molecular formula is C14H16N4O2. The Bertz CT molecular complexity index is 625. The number of para-hydroxylation sites is 1. The summed E-state index contributed by atoms with van der Waals surface area (Å²) in [5.41, 5.74) is 7.48.